The summed E-state index contributed by atoms with van der Waals surface area (Å²) in [7, 11) is 0. The summed E-state index contributed by atoms with van der Waals surface area (Å²) in [6, 6.07) is 5.58. The summed E-state index contributed by atoms with van der Waals surface area (Å²) >= 11 is 2.68. The number of rotatable bonds is 3. The minimum Gasteiger partial charge on any atom is -0.321 e. The van der Waals surface area contributed by atoms with Gasteiger partial charge in [-0.15, -0.1) is 23.1 Å². The molecule has 0 spiro atoms. The van der Waals surface area contributed by atoms with Gasteiger partial charge >= 0.3 is 6.18 Å². The lowest BCUT2D eigenvalue weighted by atomic mass is 10.1. The summed E-state index contributed by atoms with van der Waals surface area (Å²) in [4.78, 5) is 13.4. The Bertz CT molecular complexity index is 664. The number of aryl methyl sites for hydroxylation is 1. The van der Waals surface area contributed by atoms with E-state index < -0.39 is 17.6 Å². The Morgan fingerprint density at radius 3 is 2.62 bits per heavy atom. The molecule has 1 aromatic carbocycles. The maximum absolute atomic E-state index is 12.8. The van der Waals surface area contributed by atoms with Crippen molar-refractivity contribution in [3.05, 3.63) is 45.6 Å². The zero-order chi connectivity index (χ0) is 15.6. The van der Waals surface area contributed by atoms with Crippen LogP contribution in [-0.2, 0) is 6.18 Å². The lowest BCUT2D eigenvalue weighted by molar-refractivity contribution is -0.138. The van der Waals surface area contributed by atoms with Crippen LogP contribution in [0.3, 0.4) is 0 Å². The van der Waals surface area contributed by atoms with Gasteiger partial charge in [0.05, 0.1) is 5.56 Å². The molecule has 0 saturated heterocycles. The first-order valence-electron chi connectivity index (χ1n) is 5.93. The third-order valence-corrected chi connectivity index (χ3v) is 4.68. The average Bonchev–Trinajstić information content (AvgIpc) is 2.88. The zero-order valence-corrected chi connectivity index (χ0v) is 12.9. The van der Waals surface area contributed by atoms with Crippen molar-refractivity contribution < 1.29 is 18.0 Å². The normalized spacial score (nSPS) is 11.5. The van der Waals surface area contributed by atoms with E-state index in [1.807, 2.05) is 6.26 Å². The molecule has 21 heavy (non-hydrogen) atoms. The van der Waals surface area contributed by atoms with Crippen molar-refractivity contribution in [3.63, 3.8) is 0 Å². The number of carbonyl (C=O) groups is 1. The van der Waals surface area contributed by atoms with Crippen molar-refractivity contribution in [3.8, 4) is 0 Å². The molecule has 1 amide bonds. The number of alkyl halides is 3. The van der Waals surface area contributed by atoms with E-state index in [9.17, 15) is 18.0 Å². The first-order valence-corrected chi connectivity index (χ1v) is 8.04. The fraction of sp³-hybridized carbons (Fsp3) is 0.214. The van der Waals surface area contributed by atoms with Crippen LogP contribution in [0, 0.1) is 6.92 Å². The number of hydrogen-bond acceptors (Lipinski definition) is 3. The Morgan fingerprint density at radius 2 is 2.00 bits per heavy atom. The molecule has 2 aromatic rings. The molecule has 2 nitrogen and oxygen atoms in total. The summed E-state index contributed by atoms with van der Waals surface area (Å²) < 4.78 is 38.5. The van der Waals surface area contributed by atoms with Crippen LogP contribution < -0.4 is 5.32 Å². The van der Waals surface area contributed by atoms with Crippen molar-refractivity contribution >= 4 is 34.7 Å². The Morgan fingerprint density at radius 1 is 1.29 bits per heavy atom. The van der Waals surface area contributed by atoms with E-state index in [0.29, 0.717) is 4.88 Å². The molecule has 7 heteroatoms. The van der Waals surface area contributed by atoms with Gasteiger partial charge in [-0.25, -0.2) is 0 Å². The van der Waals surface area contributed by atoms with E-state index in [1.165, 1.54) is 42.2 Å². The first-order chi connectivity index (χ1) is 9.82. The molecule has 1 heterocycles. The Kier molecular flexibility index (Phi) is 4.63. The van der Waals surface area contributed by atoms with Gasteiger partial charge in [-0.2, -0.15) is 13.2 Å². The number of halogens is 3. The van der Waals surface area contributed by atoms with Crippen molar-refractivity contribution in [1.82, 2.24) is 0 Å². The molecule has 112 valence electrons. The van der Waals surface area contributed by atoms with Gasteiger partial charge in [0.25, 0.3) is 5.91 Å². The molecule has 2 rings (SSSR count). The Balaban J connectivity index is 2.26. The largest absolute Gasteiger partial charge is 0.416 e. The van der Waals surface area contributed by atoms with Gasteiger partial charge in [0.1, 0.15) is 4.88 Å². The second-order valence-corrected chi connectivity index (χ2v) is 6.06. The smallest absolute Gasteiger partial charge is 0.321 e. The van der Waals surface area contributed by atoms with Crippen LogP contribution >= 0.6 is 23.1 Å². The first kappa shape index (κ1) is 15.9. The van der Waals surface area contributed by atoms with Gasteiger partial charge in [-0.3, -0.25) is 4.79 Å². The minimum atomic E-state index is -4.43. The average molecular weight is 331 g/mol. The van der Waals surface area contributed by atoms with E-state index in [1.54, 1.807) is 11.4 Å². The molecule has 1 N–H and O–H groups in total. The van der Waals surface area contributed by atoms with Crippen LogP contribution in [0.1, 0.15) is 20.8 Å². The van der Waals surface area contributed by atoms with Gasteiger partial charge in [-0.1, -0.05) is 6.07 Å². The summed E-state index contributed by atoms with van der Waals surface area (Å²) in [5.74, 6) is -0.397. The molecule has 0 saturated carbocycles. The third kappa shape index (κ3) is 3.59. The Labute approximate surface area is 128 Å². The number of hydrogen-bond donors (Lipinski definition) is 1. The maximum atomic E-state index is 12.8. The van der Waals surface area contributed by atoms with Crippen LogP contribution in [0.5, 0.6) is 0 Å². The number of thioether (sulfide) groups is 1. The van der Waals surface area contributed by atoms with Gasteiger partial charge in [-0.05, 0) is 42.3 Å². The molecular formula is C14H12F3NOS2. The number of anilines is 1. The number of thiophene rings is 1. The topological polar surface area (TPSA) is 29.1 Å². The molecular weight excluding hydrogens is 319 g/mol. The zero-order valence-electron chi connectivity index (χ0n) is 11.2. The van der Waals surface area contributed by atoms with Crippen LogP contribution in [0.15, 0.2) is 34.5 Å². The van der Waals surface area contributed by atoms with Crippen LogP contribution in [0.25, 0.3) is 0 Å². The summed E-state index contributed by atoms with van der Waals surface area (Å²) in [5, 5.41) is 4.29. The summed E-state index contributed by atoms with van der Waals surface area (Å²) in [6.45, 7) is 1.39. The molecule has 0 radical (unpaired) electrons. The summed E-state index contributed by atoms with van der Waals surface area (Å²) in [5.41, 5.74) is -0.476. The highest BCUT2D eigenvalue weighted by atomic mass is 32.2. The maximum Gasteiger partial charge on any atom is 0.416 e. The van der Waals surface area contributed by atoms with Crippen molar-refractivity contribution in [2.24, 2.45) is 0 Å². The van der Waals surface area contributed by atoms with Gasteiger partial charge < -0.3 is 5.32 Å². The minimum absolute atomic E-state index is 0.126. The molecule has 0 aliphatic rings. The quantitative estimate of drug-likeness (QED) is 0.798. The number of amides is 1. The van der Waals surface area contributed by atoms with Crippen LogP contribution in [-0.4, -0.2) is 12.2 Å². The highest BCUT2D eigenvalue weighted by Gasteiger charge is 2.32. The third-order valence-electron chi connectivity index (χ3n) is 2.86. The number of carbonyl (C=O) groups excluding carboxylic acids is 1. The van der Waals surface area contributed by atoms with Crippen LogP contribution in [0.2, 0.25) is 0 Å². The van der Waals surface area contributed by atoms with Crippen LogP contribution in [0.4, 0.5) is 18.9 Å². The Hall–Kier alpha value is -1.47. The number of benzene rings is 1. The fourth-order valence-corrected chi connectivity index (χ4v) is 3.46. The van der Waals surface area contributed by atoms with Crippen molar-refractivity contribution in [1.29, 1.82) is 0 Å². The van der Waals surface area contributed by atoms with Gasteiger partial charge in [0.2, 0.25) is 0 Å². The second-order valence-electron chi connectivity index (χ2n) is 4.30. The highest BCUT2D eigenvalue weighted by molar-refractivity contribution is 7.98. The SMILES string of the molecule is CSc1ccsc1C(=O)Nc1ccc(C)c(C(F)(F)F)c1. The highest BCUT2D eigenvalue weighted by Crippen LogP contribution is 2.34. The predicted molar refractivity (Wildman–Crippen MR) is 80.2 cm³/mol. The monoisotopic (exact) mass is 331 g/mol. The molecule has 0 aliphatic heterocycles. The summed E-state index contributed by atoms with van der Waals surface area (Å²) in [6.07, 6.45) is -2.59. The molecule has 0 atom stereocenters. The van der Waals surface area contributed by atoms with Gasteiger partial charge in [0, 0.05) is 10.6 Å². The second kappa shape index (κ2) is 6.11. The van der Waals surface area contributed by atoms with E-state index in [4.69, 9.17) is 0 Å². The molecule has 0 aliphatic carbocycles. The van der Waals surface area contributed by atoms with E-state index in [-0.39, 0.29) is 11.3 Å². The lowest BCUT2D eigenvalue weighted by Gasteiger charge is -2.12. The fourth-order valence-electron chi connectivity index (χ4n) is 1.82. The molecule has 0 bridgehead atoms. The lowest BCUT2D eigenvalue weighted by Crippen LogP contribution is -2.13. The van der Waals surface area contributed by atoms with Crippen molar-refractivity contribution in [2.45, 2.75) is 18.0 Å². The number of nitrogens with one attached hydrogen (secondary N) is 1. The van der Waals surface area contributed by atoms with Gasteiger partial charge in [0.15, 0.2) is 0 Å². The van der Waals surface area contributed by atoms with Crippen molar-refractivity contribution in [2.75, 3.05) is 11.6 Å². The molecule has 0 unspecified atom stereocenters. The van der Waals surface area contributed by atoms with E-state index in [0.717, 1.165) is 11.0 Å². The van der Waals surface area contributed by atoms with E-state index >= 15 is 0 Å². The standard InChI is InChI=1S/C14H12F3NOS2/c1-8-3-4-9(7-10(8)14(15,16)17)18-13(19)12-11(20-2)5-6-21-12/h3-7H,1-2H3,(H,18,19). The molecule has 1 aromatic heterocycles. The van der Waals surface area contributed by atoms with E-state index in [2.05, 4.69) is 5.32 Å². The molecule has 0 fully saturated rings. The predicted octanol–water partition coefficient (Wildman–Crippen LogP) is 5.05.